The van der Waals surface area contributed by atoms with Crippen molar-refractivity contribution in [2.24, 2.45) is 5.92 Å². The van der Waals surface area contributed by atoms with Crippen LogP contribution in [0.4, 0.5) is 0 Å². The summed E-state index contributed by atoms with van der Waals surface area (Å²) in [5, 5.41) is 0. The number of pyridine rings is 1. The quantitative estimate of drug-likeness (QED) is 0.744. The van der Waals surface area contributed by atoms with Gasteiger partial charge in [-0.1, -0.05) is 12.1 Å². The van der Waals surface area contributed by atoms with Gasteiger partial charge >= 0.3 is 0 Å². The molecule has 1 aromatic heterocycles. The lowest BCUT2D eigenvalue weighted by atomic mass is 9.70. The van der Waals surface area contributed by atoms with Crippen molar-refractivity contribution in [2.45, 2.75) is 42.3 Å². The third-order valence-electron chi connectivity index (χ3n) is 6.68. The summed E-state index contributed by atoms with van der Waals surface area (Å²) in [6, 6.07) is 9.16. The topological polar surface area (TPSA) is 78.0 Å². The molecular formula is C22H26N2O5S. The minimum Gasteiger partial charge on any atom is -0.493 e. The molecule has 0 N–H and O–H groups in total. The van der Waals surface area contributed by atoms with E-state index in [1.165, 1.54) is 6.20 Å². The van der Waals surface area contributed by atoms with E-state index in [2.05, 4.69) is 11.1 Å². The van der Waals surface area contributed by atoms with E-state index in [-0.39, 0.29) is 16.9 Å². The van der Waals surface area contributed by atoms with Crippen LogP contribution in [0, 0.1) is 5.92 Å². The number of para-hydroxylation sites is 1. The molecule has 160 valence electrons. The number of hydrogen-bond acceptors (Lipinski definition) is 6. The molecule has 7 nitrogen and oxygen atoms in total. The van der Waals surface area contributed by atoms with Crippen molar-refractivity contribution < 1.29 is 22.6 Å². The van der Waals surface area contributed by atoms with E-state index in [4.69, 9.17) is 14.2 Å². The van der Waals surface area contributed by atoms with Gasteiger partial charge in [0.05, 0.1) is 13.2 Å². The molecule has 1 aromatic carbocycles. The Balaban J connectivity index is 1.45. The molecule has 5 rings (SSSR count). The summed E-state index contributed by atoms with van der Waals surface area (Å²) in [6.07, 6.45) is 6.18. The smallest absolute Gasteiger partial charge is 0.244 e. The second-order valence-corrected chi connectivity index (χ2v) is 10.1. The van der Waals surface area contributed by atoms with Gasteiger partial charge in [0.1, 0.15) is 10.5 Å². The van der Waals surface area contributed by atoms with E-state index in [9.17, 15) is 8.42 Å². The largest absolute Gasteiger partial charge is 0.493 e. The van der Waals surface area contributed by atoms with E-state index in [0.717, 1.165) is 30.8 Å². The van der Waals surface area contributed by atoms with Gasteiger partial charge in [0.25, 0.3) is 0 Å². The zero-order valence-electron chi connectivity index (χ0n) is 17.0. The predicted molar refractivity (Wildman–Crippen MR) is 110 cm³/mol. The molecule has 2 fully saturated rings. The first-order valence-corrected chi connectivity index (χ1v) is 11.9. The maximum absolute atomic E-state index is 13.0. The molecule has 3 aliphatic heterocycles. The zero-order chi connectivity index (χ0) is 20.8. The second kappa shape index (κ2) is 7.51. The summed E-state index contributed by atoms with van der Waals surface area (Å²) in [6.45, 7) is 1.55. The average molecular weight is 431 g/mol. The minimum atomic E-state index is -3.56. The van der Waals surface area contributed by atoms with Crippen LogP contribution in [0.15, 0.2) is 47.6 Å². The number of aromatic nitrogens is 1. The van der Waals surface area contributed by atoms with Crippen LogP contribution in [-0.4, -0.2) is 50.1 Å². The number of rotatable bonds is 3. The lowest BCUT2D eigenvalue weighted by Gasteiger charge is -2.53. The molecule has 0 bridgehead atoms. The maximum Gasteiger partial charge on any atom is 0.244 e. The van der Waals surface area contributed by atoms with Gasteiger partial charge < -0.3 is 14.2 Å². The number of ether oxygens (including phenoxy) is 3. The van der Waals surface area contributed by atoms with Crippen molar-refractivity contribution >= 4 is 10.0 Å². The summed E-state index contributed by atoms with van der Waals surface area (Å²) >= 11 is 0. The fraction of sp³-hybridized carbons (Fsp3) is 0.500. The molecule has 4 heterocycles. The number of fused-ring (bicyclic) bond motifs is 4. The Morgan fingerprint density at radius 3 is 2.77 bits per heavy atom. The highest BCUT2D eigenvalue weighted by Gasteiger charge is 2.54. The van der Waals surface area contributed by atoms with Crippen molar-refractivity contribution in [1.29, 1.82) is 0 Å². The van der Waals surface area contributed by atoms with Crippen LogP contribution in [0.2, 0.25) is 0 Å². The Kier molecular flexibility index (Phi) is 4.95. The van der Waals surface area contributed by atoms with Gasteiger partial charge in [-0.05, 0) is 31.0 Å². The van der Waals surface area contributed by atoms with Crippen molar-refractivity contribution in [1.82, 2.24) is 9.29 Å². The minimum absolute atomic E-state index is 0.0425. The Bertz CT molecular complexity index is 1020. The highest BCUT2D eigenvalue weighted by atomic mass is 32.2. The molecule has 3 aliphatic rings. The summed E-state index contributed by atoms with van der Waals surface area (Å²) in [4.78, 5) is 4.20. The van der Waals surface area contributed by atoms with Crippen molar-refractivity contribution in [2.75, 3.05) is 26.8 Å². The van der Waals surface area contributed by atoms with E-state index >= 15 is 0 Å². The second-order valence-electron chi connectivity index (χ2n) is 8.18. The van der Waals surface area contributed by atoms with Crippen LogP contribution in [0.5, 0.6) is 11.5 Å². The fourth-order valence-electron chi connectivity index (χ4n) is 5.16. The first-order valence-electron chi connectivity index (χ1n) is 10.4. The fourth-order valence-corrected chi connectivity index (χ4v) is 6.56. The molecule has 2 atom stereocenters. The normalized spacial score (nSPS) is 25.8. The van der Waals surface area contributed by atoms with Crippen molar-refractivity contribution in [3.63, 3.8) is 0 Å². The first-order chi connectivity index (χ1) is 14.5. The number of hydrogen-bond donors (Lipinski definition) is 0. The Morgan fingerprint density at radius 1 is 1.20 bits per heavy atom. The molecule has 0 amide bonds. The van der Waals surface area contributed by atoms with Crippen LogP contribution in [0.1, 0.15) is 37.4 Å². The number of methoxy groups -OCH3 is 1. The molecule has 1 spiro atoms. The summed E-state index contributed by atoms with van der Waals surface area (Å²) in [5.74, 6) is 1.64. The van der Waals surface area contributed by atoms with Crippen LogP contribution >= 0.6 is 0 Å². The first kappa shape index (κ1) is 19.8. The van der Waals surface area contributed by atoms with Gasteiger partial charge in [0, 0.05) is 56.4 Å². The Labute approximate surface area is 177 Å². The molecule has 2 aromatic rings. The zero-order valence-corrected chi connectivity index (χ0v) is 17.8. The van der Waals surface area contributed by atoms with Gasteiger partial charge in [-0.2, -0.15) is 4.31 Å². The Morgan fingerprint density at radius 2 is 2.03 bits per heavy atom. The molecule has 8 heteroatoms. The SMILES string of the molecule is COc1cccc2c1OC1(CCN(S(=O)(=O)c3cccnc3)CC1)[C@H]1CCCO[C@H]21. The number of benzene rings is 1. The van der Waals surface area contributed by atoms with Crippen molar-refractivity contribution in [3.8, 4) is 11.5 Å². The summed E-state index contributed by atoms with van der Waals surface area (Å²) in [7, 11) is -1.92. The summed E-state index contributed by atoms with van der Waals surface area (Å²) in [5.41, 5.74) is 0.586. The maximum atomic E-state index is 13.0. The van der Waals surface area contributed by atoms with Crippen LogP contribution < -0.4 is 9.47 Å². The Hall–Kier alpha value is -2.16. The van der Waals surface area contributed by atoms with Gasteiger partial charge in [0.15, 0.2) is 11.5 Å². The van der Waals surface area contributed by atoms with Gasteiger partial charge in [-0.15, -0.1) is 0 Å². The van der Waals surface area contributed by atoms with Crippen LogP contribution in [0.25, 0.3) is 0 Å². The number of nitrogens with zero attached hydrogens (tertiary/aromatic N) is 2. The highest BCUT2D eigenvalue weighted by Crippen LogP contribution is 2.55. The molecule has 0 unspecified atom stereocenters. The molecular weight excluding hydrogens is 404 g/mol. The van der Waals surface area contributed by atoms with E-state index in [1.54, 1.807) is 29.7 Å². The molecule has 0 saturated carbocycles. The van der Waals surface area contributed by atoms with E-state index in [0.29, 0.717) is 31.7 Å². The van der Waals surface area contributed by atoms with Crippen LogP contribution in [-0.2, 0) is 14.8 Å². The standard InChI is InChI=1S/C22H26N2O5S/c1-27-19-8-2-6-17-20-18(7-4-14-28-20)22(29-21(17)19)9-12-24(13-10-22)30(25,26)16-5-3-11-23-15-16/h2-3,5-6,8,11,15,18,20H,4,7,9-10,12-14H2,1H3/t18-,20+/m0/s1. The van der Waals surface area contributed by atoms with Crippen molar-refractivity contribution in [3.05, 3.63) is 48.3 Å². The molecule has 2 saturated heterocycles. The average Bonchev–Trinajstić information content (AvgIpc) is 2.80. The molecule has 0 aliphatic carbocycles. The highest BCUT2D eigenvalue weighted by molar-refractivity contribution is 7.89. The van der Waals surface area contributed by atoms with Gasteiger partial charge in [-0.25, -0.2) is 8.42 Å². The molecule has 0 radical (unpaired) electrons. The van der Waals surface area contributed by atoms with E-state index < -0.39 is 15.6 Å². The van der Waals surface area contributed by atoms with Crippen LogP contribution in [0.3, 0.4) is 0 Å². The third-order valence-corrected chi connectivity index (χ3v) is 8.56. The monoisotopic (exact) mass is 430 g/mol. The predicted octanol–water partition coefficient (Wildman–Crippen LogP) is 3.17. The lowest BCUT2D eigenvalue weighted by molar-refractivity contribution is -0.146. The third kappa shape index (κ3) is 3.09. The van der Waals surface area contributed by atoms with Gasteiger partial charge in [-0.3, -0.25) is 4.98 Å². The number of piperidine rings is 1. The van der Waals surface area contributed by atoms with E-state index in [1.807, 2.05) is 12.1 Å². The number of sulfonamides is 1. The summed E-state index contributed by atoms with van der Waals surface area (Å²) < 4.78 is 46.1. The van der Waals surface area contributed by atoms with Gasteiger partial charge in [0.2, 0.25) is 10.0 Å². The molecule has 30 heavy (non-hydrogen) atoms. The lowest BCUT2D eigenvalue weighted by Crippen LogP contribution is -2.57.